The lowest BCUT2D eigenvalue weighted by atomic mass is 10.1. The van der Waals surface area contributed by atoms with E-state index in [9.17, 15) is 0 Å². The average molecular weight is 289 g/mol. The van der Waals surface area contributed by atoms with Crippen molar-refractivity contribution >= 4 is 32.5 Å². The molecule has 0 unspecified atom stereocenters. The molecule has 0 saturated heterocycles. The SMILES string of the molecule is Brc1cccc2c(NC3CC=CC3)ccnc12. The molecule has 86 valence electrons. The van der Waals surface area contributed by atoms with Crippen molar-refractivity contribution in [1.29, 1.82) is 0 Å². The second-order valence-corrected chi connectivity index (χ2v) is 5.13. The largest absolute Gasteiger partial charge is 0.381 e. The van der Waals surface area contributed by atoms with E-state index in [1.54, 1.807) is 0 Å². The summed E-state index contributed by atoms with van der Waals surface area (Å²) in [7, 11) is 0. The van der Waals surface area contributed by atoms with Gasteiger partial charge in [0.2, 0.25) is 0 Å². The second-order valence-electron chi connectivity index (χ2n) is 4.28. The highest BCUT2D eigenvalue weighted by Gasteiger charge is 2.11. The van der Waals surface area contributed by atoms with Crippen molar-refractivity contribution in [3.8, 4) is 0 Å². The summed E-state index contributed by atoms with van der Waals surface area (Å²) in [6.07, 6.45) is 8.54. The molecule has 2 nitrogen and oxygen atoms in total. The maximum Gasteiger partial charge on any atom is 0.0864 e. The number of anilines is 1. The summed E-state index contributed by atoms with van der Waals surface area (Å²) in [6.45, 7) is 0. The first-order chi connectivity index (χ1) is 8.34. The first-order valence-electron chi connectivity index (χ1n) is 5.79. The van der Waals surface area contributed by atoms with E-state index in [2.05, 4.69) is 44.4 Å². The lowest BCUT2D eigenvalue weighted by Crippen LogP contribution is -2.15. The first kappa shape index (κ1) is 10.8. The van der Waals surface area contributed by atoms with Crippen molar-refractivity contribution in [1.82, 2.24) is 4.98 Å². The van der Waals surface area contributed by atoms with Gasteiger partial charge in [-0.25, -0.2) is 0 Å². The Morgan fingerprint density at radius 1 is 1.18 bits per heavy atom. The molecule has 0 fully saturated rings. The lowest BCUT2D eigenvalue weighted by Gasteiger charge is -2.15. The minimum Gasteiger partial charge on any atom is -0.381 e. The Morgan fingerprint density at radius 2 is 2.00 bits per heavy atom. The van der Waals surface area contributed by atoms with E-state index in [1.807, 2.05) is 24.4 Å². The second kappa shape index (κ2) is 4.49. The molecule has 17 heavy (non-hydrogen) atoms. The van der Waals surface area contributed by atoms with Crippen molar-refractivity contribution in [2.75, 3.05) is 5.32 Å². The van der Waals surface area contributed by atoms with Gasteiger partial charge in [-0.1, -0.05) is 24.3 Å². The van der Waals surface area contributed by atoms with Gasteiger partial charge in [0.15, 0.2) is 0 Å². The normalized spacial score (nSPS) is 15.6. The van der Waals surface area contributed by atoms with Crippen molar-refractivity contribution in [2.24, 2.45) is 0 Å². The summed E-state index contributed by atoms with van der Waals surface area (Å²) in [4.78, 5) is 4.41. The van der Waals surface area contributed by atoms with Crippen molar-refractivity contribution < 1.29 is 0 Å². The Morgan fingerprint density at radius 3 is 2.82 bits per heavy atom. The molecule has 0 bridgehead atoms. The van der Waals surface area contributed by atoms with E-state index >= 15 is 0 Å². The number of aromatic nitrogens is 1. The van der Waals surface area contributed by atoms with Gasteiger partial charge in [-0.2, -0.15) is 0 Å². The number of para-hydroxylation sites is 1. The Hall–Kier alpha value is -1.35. The summed E-state index contributed by atoms with van der Waals surface area (Å²) >= 11 is 3.54. The number of nitrogens with one attached hydrogen (secondary N) is 1. The minimum absolute atomic E-state index is 0.527. The molecule has 3 heteroatoms. The van der Waals surface area contributed by atoms with Gasteiger partial charge in [-0.05, 0) is 40.9 Å². The molecular weight excluding hydrogens is 276 g/mol. The zero-order valence-electron chi connectivity index (χ0n) is 9.36. The highest BCUT2D eigenvalue weighted by Crippen LogP contribution is 2.28. The molecule has 1 aromatic carbocycles. The quantitative estimate of drug-likeness (QED) is 0.841. The van der Waals surface area contributed by atoms with Crippen molar-refractivity contribution in [3.63, 3.8) is 0 Å². The summed E-state index contributed by atoms with van der Waals surface area (Å²) in [6, 6.07) is 8.76. The van der Waals surface area contributed by atoms with Gasteiger partial charge in [0, 0.05) is 27.8 Å². The number of hydrogen-bond acceptors (Lipinski definition) is 2. The molecule has 0 saturated carbocycles. The third-order valence-electron chi connectivity index (χ3n) is 3.09. The standard InChI is InChI=1S/C14H13BrN2/c15-12-7-3-6-11-13(8-9-16-14(11)12)17-10-4-1-2-5-10/h1-3,6-10H,4-5H2,(H,16,17). The van der Waals surface area contributed by atoms with E-state index < -0.39 is 0 Å². The summed E-state index contributed by atoms with van der Waals surface area (Å²) < 4.78 is 1.04. The van der Waals surface area contributed by atoms with Gasteiger partial charge in [0.25, 0.3) is 0 Å². The molecule has 3 rings (SSSR count). The molecule has 1 aromatic heterocycles. The van der Waals surface area contributed by atoms with E-state index in [-0.39, 0.29) is 0 Å². The van der Waals surface area contributed by atoms with Gasteiger partial charge in [0.05, 0.1) is 5.52 Å². The van der Waals surface area contributed by atoms with Crippen LogP contribution < -0.4 is 5.32 Å². The number of nitrogens with zero attached hydrogens (tertiary/aromatic N) is 1. The lowest BCUT2D eigenvalue weighted by molar-refractivity contribution is 0.788. The minimum atomic E-state index is 0.527. The van der Waals surface area contributed by atoms with Crippen molar-refractivity contribution in [3.05, 3.63) is 47.1 Å². The van der Waals surface area contributed by atoms with E-state index in [1.165, 1.54) is 11.1 Å². The van der Waals surface area contributed by atoms with Gasteiger partial charge >= 0.3 is 0 Å². The fourth-order valence-corrected chi connectivity index (χ4v) is 2.69. The Kier molecular flexibility index (Phi) is 2.85. The number of pyridine rings is 1. The van der Waals surface area contributed by atoms with Crippen LogP contribution in [-0.2, 0) is 0 Å². The summed E-state index contributed by atoms with van der Waals surface area (Å²) in [5.74, 6) is 0. The summed E-state index contributed by atoms with van der Waals surface area (Å²) in [5.41, 5.74) is 2.19. The average Bonchev–Trinajstić information content (AvgIpc) is 2.83. The Labute approximate surface area is 109 Å². The molecule has 0 aliphatic heterocycles. The van der Waals surface area contributed by atoms with E-state index in [0.717, 1.165) is 22.8 Å². The molecule has 1 N–H and O–H groups in total. The fourth-order valence-electron chi connectivity index (χ4n) is 2.22. The zero-order valence-corrected chi connectivity index (χ0v) is 10.9. The highest BCUT2D eigenvalue weighted by atomic mass is 79.9. The molecule has 2 aromatic rings. The van der Waals surface area contributed by atoms with Crippen LogP contribution in [0, 0.1) is 0 Å². The zero-order chi connectivity index (χ0) is 11.7. The first-order valence-corrected chi connectivity index (χ1v) is 6.58. The van der Waals surface area contributed by atoms with Crippen LogP contribution in [0.25, 0.3) is 10.9 Å². The van der Waals surface area contributed by atoms with Crippen LogP contribution in [0.15, 0.2) is 47.1 Å². The van der Waals surface area contributed by atoms with Gasteiger partial charge in [-0.15, -0.1) is 0 Å². The van der Waals surface area contributed by atoms with Crippen LogP contribution in [0.5, 0.6) is 0 Å². The molecule has 1 heterocycles. The smallest absolute Gasteiger partial charge is 0.0864 e. The van der Waals surface area contributed by atoms with Crippen LogP contribution in [-0.4, -0.2) is 11.0 Å². The maximum absolute atomic E-state index is 4.41. The Bertz CT molecular complexity index is 569. The van der Waals surface area contributed by atoms with Gasteiger partial charge < -0.3 is 5.32 Å². The molecular formula is C14H13BrN2. The Balaban J connectivity index is 2.01. The van der Waals surface area contributed by atoms with Crippen LogP contribution in [0.1, 0.15) is 12.8 Å². The van der Waals surface area contributed by atoms with Crippen LogP contribution >= 0.6 is 15.9 Å². The number of benzene rings is 1. The predicted molar refractivity (Wildman–Crippen MR) is 75.2 cm³/mol. The van der Waals surface area contributed by atoms with Crippen LogP contribution in [0.2, 0.25) is 0 Å². The molecule has 0 radical (unpaired) electrons. The van der Waals surface area contributed by atoms with Crippen molar-refractivity contribution in [2.45, 2.75) is 18.9 Å². The molecule has 1 aliphatic rings. The molecule has 0 spiro atoms. The fraction of sp³-hybridized carbons (Fsp3) is 0.214. The monoisotopic (exact) mass is 288 g/mol. The molecule has 1 aliphatic carbocycles. The highest BCUT2D eigenvalue weighted by molar-refractivity contribution is 9.10. The third-order valence-corrected chi connectivity index (χ3v) is 3.73. The number of halogens is 1. The number of rotatable bonds is 2. The number of hydrogen-bond donors (Lipinski definition) is 1. The van der Waals surface area contributed by atoms with Crippen LogP contribution in [0.3, 0.4) is 0 Å². The molecule has 0 amide bonds. The van der Waals surface area contributed by atoms with Gasteiger partial charge in [-0.3, -0.25) is 4.98 Å². The number of fused-ring (bicyclic) bond motifs is 1. The van der Waals surface area contributed by atoms with Gasteiger partial charge in [0.1, 0.15) is 0 Å². The predicted octanol–water partition coefficient (Wildman–Crippen LogP) is 4.13. The topological polar surface area (TPSA) is 24.9 Å². The maximum atomic E-state index is 4.41. The molecule has 0 atom stereocenters. The third kappa shape index (κ3) is 2.07. The van der Waals surface area contributed by atoms with E-state index in [0.29, 0.717) is 6.04 Å². The summed E-state index contributed by atoms with van der Waals surface area (Å²) in [5, 5.41) is 4.76. The van der Waals surface area contributed by atoms with Crippen LogP contribution in [0.4, 0.5) is 5.69 Å². The van der Waals surface area contributed by atoms with E-state index in [4.69, 9.17) is 0 Å².